The second-order valence-electron chi connectivity index (χ2n) is 11.2. The van der Waals surface area contributed by atoms with Gasteiger partial charge < -0.3 is 24.0 Å². The lowest BCUT2D eigenvalue weighted by molar-refractivity contribution is 0.0122. The number of benzene rings is 1. The monoisotopic (exact) mass is 601 g/mol. The maximum absolute atomic E-state index is 12.5. The van der Waals surface area contributed by atoms with Gasteiger partial charge in [0.2, 0.25) is 0 Å². The molecule has 1 N–H and O–H groups in total. The van der Waals surface area contributed by atoms with Gasteiger partial charge in [-0.15, -0.1) is 0 Å². The molecule has 7 rings (SSSR count). The zero-order valence-electron chi connectivity index (χ0n) is 21.5. The molecular weight excluding hydrogens is 575 g/mol. The summed E-state index contributed by atoms with van der Waals surface area (Å²) in [5, 5.41) is 8.05. The van der Waals surface area contributed by atoms with E-state index in [0.717, 1.165) is 49.4 Å². The number of piperidine rings is 1. The summed E-state index contributed by atoms with van der Waals surface area (Å²) in [4.78, 5) is 18.2. The first kappa shape index (κ1) is 26.4. The van der Waals surface area contributed by atoms with Crippen LogP contribution in [0.25, 0.3) is 11.3 Å². The van der Waals surface area contributed by atoms with Crippen LogP contribution in [0.3, 0.4) is 0 Å². The highest BCUT2D eigenvalue weighted by Gasteiger charge is 2.47. The lowest BCUT2D eigenvalue weighted by atomic mass is 10.0. The Labute approximate surface area is 243 Å². The number of rotatable bonds is 9. The molecule has 210 valence electrons. The molecule has 3 saturated carbocycles. The van der Waals surface area contributed by atoms with Crippen molar-refractivity contribution in [3.05, 3.63) is 63.5 Å². The fraction of sp³-hybridized carbons (Fsp3) is 0.464. The van der Waals surface area contributed by atoms with Gasteiger partial charge in [0.25, 0.3) is 5.91 Å². The predicted octanol–water partition coefficient (Wildman–Crippen LogP) is 5.20. The molecule has 1 saturated heterocycles. The lowest BCUT2D eigenvalue weighted by Gasteiger charge is -2.32. The molecule has 1 amide bonds. The molecule has 40 heavy (non-hydrogen) atoms. The number of aromatic nitrogens is 2. The molecule has 2 bridgehead atoms. The van der Waals surface area contributed by atoms with Gasteiger partial charge in [0.15, 0.2) is 0 Å². The van der Waals surface area contributed by atoms with Crippen molar-refractivity contribution in [1.82, 2.24) is 15.5 Å². The van der Waals surface area contributed by atoms with E-state index in [2.05, 4.69) is 20.4 Å². The lowest BCUT2D eigenvalue weighted by Crippen LogP contribution is -2.40. The first-order chi connectivity index (χ1) is 19.3. The summed E-state index contributed by atoms with van der Waals surface area (Å²) in [5.41, 5.74) is 2.61. The average molecular weight is 603 g/mol. The van der Waals surface area contributed by atoms with Gasteiger partial charge in [-0.25, -0.2) is 4.98 Å². The zero-order valence-corrected chi connectivity index (χ0v) is 23.8. The molecule has 3 heterocycles. The Morgan fingerprint density at radius 3 is 2.58 bits per heavy atom. The van der Waals surface area contributed by atoms with E-state index >= 15 is 0 Å². The van der Waals surface area contributed by atoms with Crippen molar-refractivity contribution < 1.29 is 22.8 Å². The van der Waals surface area contributed by atoms with E-state index in [0.29, 0.717) is 64.2 Å². The molecule has 1 aliphatic heterocycles. The third kappa shape index (κ3) is 4.73. The van der Waals surface area contributed by atoms with Crippen molar-refractivity contribution in [3.8, 4) is 11.3 Å². The number of fused-ring (bicyclic) bond motifs is 2. The smallest absolute Gasteiger partial charge is 0.253 e. The summed E-state index contributed by atoms with van der Waals surface area (Å²) in [6.07, 6.45) is 6.53. The summed E-state index contributed by atoms with van der Waals surface area (Å²) in [6, 6.07) is 9.24. The fourth-order valence-electron chi connectivity index (χ4n) is 6.05. The van der Waals surface area contributed by atoms with Crippen LogP contribution in [0.2, 0.25) is 10.0 Å². The third-order valence-corrected chi connectivity index (χ3v) is 10.3. The molecular formula is C28H27Cl2N4O5S-. The molecule has 4 aliphatic rings. The van der Waals surface area contributed by atoms with E-state index in [1.165, 1.54) is 6.20 Å². The second-order valence-corrected chi connectivity index (χ2v) is 13.3. The highest BCUT2D eigenvalue weighted by molar-refractivity contribution is 7.81. The number of ether oxygens (including phenoxy) is 1. The molecule has 1 aromatic carbocycles. The van der Waals surface area contributed by atoms with Crippen LogP contribution < -0.4 is 10.2 Å². The molecule has 2 aromatic heterocycles. The van der Waals surface area contributed by atoms with Gasteiger partial charge >= 0.3 is 0 Å². The quantitative estimate of drug-likeness (QED) is 0.332. The van der Waals surface area contributed by atoms with Crippen LogP contribution in [-0.4, -0.2) is 48.4 Å². The standard InChI is InChI=1S/C28H28Cl2N4O5S/c29-20-2-1-3-21(30)24(20)25-19(26(39-33-25)15-4-5-15)14-38-22-11-18-10-17(22)13-34(18)23-7-6-16(12-31-23)27(35)32-28(8-9-28)40(36)37/h1-3,6-7,12,15,17-18,22H,4-5,8-11,13-14H2,(H,32,35)(H,36,37)/p-1/t17-,18-,22+/m0/s1. The normalized spacial score (nSPS) is 25.3. The highest BCUT2D eigenvalue weighted by Crippen LogP contribution is 2.47. The predicted molar refractivity (Wildman–Crippen MR) is 149 cm³/mol. The van der Waals surface area contributed by atoms with Gasteiger partial charge in [-0.1, -0.05) is 34.4 Å². The van der Waals surface area contributed by atoms with Crippen LogP contribution in [-0.2, 0) is 22.4 Å². The van der Waals surface area contributed by atoms with Crippen LogP contribution in [0, 0.1) is 5.92 Å². The Morgan fingerprint density at radius 2 is 1.98 bits per heavy atom. The average Bonchev–Trinajstić information content (AvgIpc) is 3.82. The maximum atomic E-state index is 12.5. The number of hydrogen-bond donors (Lipinski definition) is 1. The van der Waals surface area contributed by atoms with Gasteiger partial charge in [-0.05, 0) is 73.9 Å². The summed E-state index contributed by atoms with van der Waals surface area (Å²) in [6.45, 7) is 1.20. The Balaban J connectivity index is 1.01. The molecule has 3 aliphatic carbocycles. The van der Waals surface area contributed by atoms with Crippen molar-refractivity contribution in [2.45, 2.75) is 68.1 Å². The summed E-state index contributed by atoms with van der Waals surface area (Å²) < 4.78 is 35.1. The van der Waals surface area contributed by atoms with Crippen LogP contribution in [0.4, 0.5) is 5.82 Å². The van der Waals surface area contributed by atoms with E-state index in [-0.39, 0.29) is 6.10 Å². The molecule has 0 radical (unpaired) electrons. The molecule has 12 heteroatoms. The minimum atomic E-state index is -2.34. The summed E-state index contributed by atoms with van der Waals surface area (Å²) in [5.74, 6) is 1.98. The fourth-order valence-corrected chi connectivity index (χ4v) is 7.23. The van der Waals surface area contributed by atoms with Crippen molar-refractivity contribution >= 4 is 46.0 Å². The minimum absolute atomic E-state index is 0.102. The maximum Gasteiger partial charge on any atom is 0.253 e. The number of carbonyl (C=O) groups is 1. The van der Waals surface area contributed by atoms with Crippen molar-refractivity contribution in [2.75, 3.05) is 11.4 Å². The van der Waals surface area contributed by atoms with Crippen LogP contribution >= 0.6 is 23.2 Å². The Hall–Kier alpha value is -2.50. The largest absolute Gasteiger partial charge is 0.771 e. The number of nitrogens with one attached hydrogen (secondary N) is 1. The second kappa shape index (κ2) is 10.1. The summed E-state index contributed by atoms with van der Waals surface area (Å²) >= 11 is 10.7. The van der Waals surface area contributed by atoms with E-state index in [1.807, 2.05) is 12.1 Å². The molecule has 9 nitrogen and oxygen atoms in total. The molecule has 0 spiro atoms. The minimum Gasteiger partial charge on any atom is -0.771 e. The van der Waals surface area contributed by atoms with Crippen molar-refractivity contribution in [1.29, 1.82) is 0 Å². The number of nitrogens with zero attached hydrogens (tertiary/aromatic N) is 3. The third-order valence-electron chi connectivity index (χ3n) is 8.55. The van der Waals surface area contributed by atoms with E-state index in [9.17, 15) is 13.6 Å². The Kier molecular flexibility index (Phi) is 6.66. The van der Waals surface area contributed by atoms with Gasteiger partial charge in [-0.2, -0.15) is 0 Å². The highest BCUT2D eigenvalue weighted by atomic mass is 35.5. The molecule has 1 unspecified atom stereocenters. The van der Waals surface area contributed by atoms with Gasteiger partial charge in [-0.3, -0.25) is 9.00 Å². The molecule has 4 atom stereocenters. The SMILES string of the molecule is O=C(NC1(S(=O)[O-])CC1)c1ccc(N2C[C@@H]3C[C@H]2C[C@H]3OCc2c(-c3c(Cl)cccc3Cl)noc2C2CC2)nc1. The Bertz CT molecular complexity index is 1470. The molecule has 4 fully saturated rings. The summed E-state index contributed by atoms with van der Waals surface area (Å²) in [7, 11) is 0. The van der Waals surface area contributed by atoms with E-state index in [1.54, 1.807) is 18.2 Å². The van der Waals surface area contributed by atoms with Crippen molar-refractivity contribution in [2.24, 2.45) is 5.92 Å². The topological polar surface area (TPSA) is 121 Å². The van der Waals surface area contributed by atoms with Crippen LogP contribution in [0.1, 0.15) is 66.1 Å². The number of amides is 1. The van der Waals surface area contributed by atoms with Crippen molar-refractivity contribution in [3.63, 3.8) is 0 Å². The number of carbonyl (C=O) groups excluding carboxylic acids is 1. The number of halogens is 2. The Morgan fingerprint density at radius 1 is 1.20 bits per heavy atom. The zero-order chi connectivity index (χ0) is 27.6. The van der Waals surface area contributed by atoms with E-state index in [4.69, 9.17) is 32.5 Å². The van der Waals surface area contributed by atoms with Gasteiger partial charge in [0, 0.05) is 41.7 Å². The van der Waals surface area contributed by atoms with E-state index < -0.39 is 21.9 Å². The number of anilines is 1. The number of pyridine rings is 1. The van der Waals surface area contributed by atoms with Crippen LogP contribution in [0.15, 0.2) is 41.1 Å². The van der Waals surface area contributed by atoms with Gasteiger partial charge in [0.1, 0.15) is 22.1 Å². The molecule has 3 aromatic rings. The number of hydrogen-bond acceptors (Lipinski definition) is 8. The first-order valence-corrected chi connectivity index (χ1v) is 15.3. The first-order valence-electron chi connectivity index (χ1n) is 13.5. The van der Waals surface area contributed by atoms with Gasteiger partial charge in [0.05, 0.1) is 28.3 Å². The van der Waals surface area contributed by atoms with Crippen LogP contribution in [0.5, 0.6) is 0 Å².